The third-order valence-corrected chi connectivity index (χ3v) is 8.34. The highest BCUT2D eigenvalue weighted by atomic mass is 32.2. The number of halogens is 2. The van der Waals surface area contributed by atoms with Gasteiger partial charge in [-0.25, -0.2) is 17.2 Å². The van der Waals surface area contributed by atoms with Crippen molar-refractivity contribution in [3.63, 3.8) is 0 Å². The first-order chi connectivity index (χ1) is 15.2. The Morgan fingerprint density at radius 1 is 1.06 bits per heavy atom. The van der Waals surface area contributed by atoms with Crippen LogP contribution in [-0.2, 0) is 10.0 Å². The maximum Gasteiger partial charge on any atom is 0.281 e. The van der Waals surface area contributed by atoms with E-state index in [1.54, 1.807) is 30.7 Å². The van der Waals surface area contributed by atoms with Crippen molar-refractivity contribution in [3.05, 3.63) is 63.2 Å². The number of thiophene rings is 1. The van der Waals surface area contributed by atoms with Crippen LogP contribution in [-0.4, -0.2) is 53.9 Å². The minimum Gasteiger partial charge on any atom is -0.367 e. The Hall–Kier alpha value is -2.63. The van der Waals surface area contributed by atoms with Crippen molar-refractivity contribution >= 4 is 27.0 Å². The molecule has 3 aromatic rings. The zero-order valence-electron chi connectivity index (χ0n) is 17.5. The molecule has 0 unspecified atom stereocenters. The summed E-state index contributed by atoms with van der Waals surface area (Å²) in [4.78, 5) is 15.2. The van der Waals surface area contributed by atoms with Crippen molar-refractivity contribution in [3.8, 4) is 16.8 Å². The number of piperazine rings is 1. The molecular formula is C21H22F2N4O3S2. The van der Waals surface area contributed by atoms with Gasteiger partial charge in [0.15, 0.2) is 0 Å². The average Bonchev–Trinajstić information content (AvgIpc) is 3.27. The monoisotopic (exact) mass is 480 g/mol. The van der Waals surface area contributed by atoms with Crippen LogP contribution in [0.15, 0.2) is 46.0 Å². The van der Waals surface area contributed by atoms with E-state index in [0.29, 0.717) is 24.5 Å². The first-order valence-electron chi connectivity index (χ1n) is 10.0. The van der Waals surface area contributed by atoms with E-state index in [1.807, 2.05) is 4.90 Å². The Morgan fingerprint density at radius 2 is 1.72 bits per heavy atom. The molecule has 1 aliphatic heterocycles. The SMILES string of the molecule is CC(C)S(=O)(=O)N1CCN(c2cnn(-c3ccsc3)c(=O)c2-c2cc(F)cc(F)c2)CC1. The Kier molecular flexibility index (Phi) is 6.15. The van der Waals surface area contributed by atoms with Crippen molar-refractivity contribution in [2.45, 2.75) is 19.1 Å². The molecule has 1 aromatic carbocycles. The standard InChI is InChI=1S/C21H22F2N4O3S2/c1-14(2)32(29,30)26-6-4-25(5-7-26)19-12-24-27(18-3-8-31-13-18)21(28)20(19)15-9-16(22)11-17(23)10-15/h3,8-14H,4-7H2,1-2H3. The third-order valence-electron chi connectivity index (χ3n) is 5.39. The van der Waals surface area contributed by atoms with Crippen LogP contribution < -0.4 is 10.5 Å². The Morgan fingerprint density at radius 3 is 2.28 bits per heavy atom. The molecule has 0 bridgehead atoms. The number of hydrogen-bond acceptors (Lipinski definition) is 6. The second-order valence-corrected chi connectivity index (χ2v) is 11.0. The fourth-order valence-electron chi connectivity index (χ4n) is 3.70. The van der Waals surface area contributed by atoms with Crippen LogP contribution in [0.5, 0.6) is 0 Å². The molecule has 11 heteroatoms. The van der Waals surface area contributed by atoms with Gasteiger partial charge in [0.2, 0.25) is 10.0 Å². The minimum atomic E-state index is -3.40. The lowest BCUT2D eigenvalue weighted by Gasteiger charge is -2.36. The molecule has 1 fully saturated rings. The summed E-state index contributed by atoms with van der Waals surface area (Å²) in [5, 5.41) is 7.29. The predicted molar refractivity (Wildman–Crippen MR) is 121 cm³/mol. The number of sulfonamides is 1. The molecule has 0 radical (unpaired) electrons. The van der Waals surface area contributed by atoms with Crippen LogP contribution in [0.2, 0.25) is 0 Å². The minimum absolute atomic E-state index is 0.103. The molecular weight excluding hydrogens is 458 g/mol. The lowest BCUT2D eigenvalue weighted by molar-refractivity contribution is 0.381. The van der Waals surface area contributed by atoms with Crippen molar-refractivity contribution in [2.24, 2.45) is 0 Å². The zero-order chi connectivity index (χ0) is 23.0. The second-order valence-electron chi connectivity index (χ2n) is 7.74. The number of rotatable bonds is 5. The molecule has 3 heterocycles. The van der Waals surface area contributed by atoms with Gasteiger partial charge in [-0.2, -0.15) is 25.4 Å². The molecule has 7 nitrogen and oxygen atoms in total. The molecule has 4 rings (SSSR count). The van der Waals surface area contributed by atoms with Crippen molar-refractivity contribution in [1.82, 2.24) is 14.1 Å². The molecule has 0 N–H and O–H groups in total. The van der Waals surface area contributed by atoms with Crippen LogP contribution in [0.25, 0.3) is 16.8 Å². The molecule has 2 aromatic heterocycles. The van der Waals surface area contributed by atoms with Gasteiger partial charge in [-0.15, -0.1) is 0 Å². The van der Waals surface area contributed by atoms with Gasteiger partial charge in [-0.3, -0.25) is 4.79 Å². The Balaban J connectivity index is 1.78. The fraction of sp³-hybridized carbons (Fsp3) is 0.333. The lowest BCUT2D eigenvalue weighted by atomic mass is 10.0. The van der Waals surface area contributed by atoms with Crippen LogP contribution in [0, 0.1) is 11.6 Å². The molecule has 0 saturated carbocycles. The Bertz CT molecular complexity index is 1260. The lowest BCUT2D eigenvalue weighted by Crippen LogP contribution is -2.50. The number of aromatic nitrogens is 2. The number of hydrogen-bond donors (Lipinski definition) is 0. The second kappa shape index (κ2) is 8.72. The van der Waals surface area contributed by atoms with Crippen molar-refractivity contribution < 1.29 is 17.2 Å². The summed E-state index contributed by atoms with van der Waals surface area (Å²) in [6.45, 7) is 4.38. The highest BCUT2D eigenvalue weighted by Crippen LogP contribution is 2.30. The summed E-state index contributed by atoms with van der Waals surface area (Å²) in [5.41, 5.74) is 0.671. The molecule has 0 aliphatic carbocycles. The summed E-state index contributed by atoms with van der Waals surface area (Å²) >= 11 is 1.39. The molecule has 0 amide bonds. The van der Waals surface area contributed by atoms with Gasteiger partial charge in [0.1, 0.15) is 11.6 Å². The normalized spacial score (nSPS) is 15.5. The molecule has 170 valence electrons. The van der Waals surface area contributed by atoms with Gasteiger partial charge >= 0.3 is 0 Å². The topological polar surface area (TPSA) is 75.5 Å². The molecule has 32 heavy (non-hydrogen) atoms. The summed E-state index contributed by atoms with van der Waals surface area (Å²) < 4.78 is 55.6. The Labute approximate surface area is 188 Å². The van der Waals surface area contributed by atoms with E-state index in [2.05, 4.69) is 5.10 Å². The number of nitrogens with zero attached hydrogens (tertiary/aromatic N) is 4. The van der Waals surface area contributed by atoms with Gasteiger partial charge < -0.3 is 4.90 Å². The van der Waals surface area contributed by atoms with E-state index < -0.39 is 32.5 Å². The zero-order valence-corrected chi connectivity index (χ0v) is 19.2. The fourth-order valence-corrected chi connectivity index (χ4v) is 5.58. The van der Waals surface area contributed by atoms with Gasteiger partial charge in [0.25, 0.3) is 5.56 Å². The molecule has 0 atom stereocenters. The first-order valence-corrected chi connectivity index (χ1v) is 12.5. The van der Waals surface area contributed by atoms with Crippen LogP contribution in [0.4, 0.5) is 14.5 Å². The summed E-state index contributed by atoms with van der Waals surface area (Å²) in [7, 11) is -3.40. The van der Waals surface area contributed by atoms with E-state index in [0.717, 1.165) is 18.2 Å². The summed E-state index contributed by atoms with van der Waals surface area (Å²) in [5.74, 6) is -1.59. The first kappa shape index (κ1) is 22.6. The van der Waals surface area contributed by atoms with Gasteiger partial charge in [0.05, 0.1) is 28.4 Å². The van der Waals surface area contributed by atoms with Crippen molar-refractivity contribution in [2.75, 3.05) is 31.1 Å². The molecule has 0 spiro atoms. The van der Waals surface area contributed by atoms with E-state index >= 15 is 0 Å². The van der Waals surface area contributed by atoms with E-state index in [9.17, 15) is 22.0 Å². The highest BCUT2D eigenvalue weighted by molar-refractivity contribution is 7.89. The smallest absolute Gasteiger partial charge is 0.281 e. The third kappa shape index (κ3) is 4.19. The quantitative estimate of drug-likeness (QED) is 0.561. The highest BCUT2D eigenvalue weighted by Gasteiger charge is 2.31. The maximum absolute atomic E-state index is 14.0. The van der Waals surface area contributed by atoms with Gasteiger partial charge in [-0.1, -0.05) is 0 Å². The van der Waals surface area contributed by atoms with E-state index in [-0.39, 0.29) is 24.2 Å². The van der Waals surface area contributed by atoms with Crippen LogP contribution in [0.3, 0.4) is 0 Å². The van der Waals surface area contributed by atoms with Crippen molar-refractivity contribution in [1.29, 1.82) is 0 Å². The van der Waals surface area contributed by atoms with Crippen LogP contribution in [0.1, 0.15) is 13.8 Å². The maximum atomic E-state index is 14.0. The summed E-state index contributed by atoms with van der Waals surface area (Å²) in [6.07, 6.45) is 1.49. The number of anilines is 1. The predicted octanol–water partition coefficient (Wildman–Crippen LogP) is 3.10. The summed E-state index contributed by atoms with van der Waals surface area (Å²) in [6, 6.07) is 4.70. The largest absolute Gasteiger partial charge is 0.367 e. The number of benzene rings is 1. The van der Waals surface area contributed by atoms with Crippen LogP contribution >= 0.6 is 11.3 Å². The molecule has 1 saturated heterocycles. The van der Waals surface area contributed by atoms with E-state index in [4.69, 9.17) is 0 Å². The average molecular weight is 481 g/mol. The molecule has 1 aliphatic rings. The van der Waals surface area contributed by atoms with E-state index in [1.165, 1.54) is 26.5 Å². The van der Waals surface area contributed by atoms with Gasteiger partial charge in [0, 0.05) is 37.6 Å². The van der Waals surface area contributed by atoms with Gasteiger partial charge in [-0.05, 0) is 43.0 Å².